The van der Waals surface area contributed by atoms with E-state index in [1.807, 2.05) is 6.26 Å². The van der Waals surface area contributed by atoms with Crippen LogP contribution in [0.1, 0.15) is 10.4 Å². The highest BCUT2D eigenvalue weighted by Crippen LogP contribution is 2.25. The van der Waals surface area contributed by atoms with Crippen molar-refractivity contribution < 1.29 is 18.8 Å². The molecule has 0 heterocycles. The van der Waals surface area contributed by atoms with Gasteiger partial charge < -0.3 is 9.64 Å². The molecular formula is C17H17FN2O4S. The van der Waals surface area contributed by atoms with Gasteiger partial charge in [-0.25, -0.2) is 4.39 Å². The molecule has 0 saturated heterocycles. The number of amides is 1. The molecule has 0 bridgehead atoms. The normalized spacial score (nSPS) is 10.4. The van der Waals surface area contributed by atoms with Gasteiger partial charge in [-0.2, -0.15) is 0 Å². The van der Waals surface area contributed by atoms with Crippen LogP contribution >= 0.6 is 11.8 Å². The monoisotopic (exact) mass is 364 g/mol. The van der Waals surface area contributed by atoms with E-state index in [-0.39, 0.29) is 30.2 Å². The SMILES string of the molecule is CSc1ccc([N+](=O)[O-])c(C(=O)N(C)CCOc2ccc(F)cc2)c1. The number of hydrogen-bond donors (Lipinski definition) is 0. The summed E-state index contributed by atoms with van der Waals surface area (Å²) in [5.41, 5.74) is -0.185. The van der Waals surface area contributed by atoms with E-state index in [0.29, 0.717) is 5.75 Å². The lowest BCUT2D eigenvalue weighted by atomic mass is 10.1. The Morgan fingerprint density at radius 2 is 1.96 bits per heavy atom. The molecule has 1 amide bonds. The number of carbonyl (C=O) groups excluding carboxylic acids is 1. The molecule has 8 heteroatoms. The first-order chi connectivity index (χ1) is 11.9. The Balaban J connectivity index is 2.04. The molecule has 0 saturated carbocycles. The number of ether oxygens (including phenoxy) is 1. The van der Waals surface area contributed by atoms with Gasteiger partial charge in [0.1, 0.15) is 23.7 Å². The topological polar surface area (TPSA) is 72.7 Å². The molecule has 0 atom stereocenters. The van der Waals surface area contributed by atoms with E-state index in [0.717, 1.165) is 4.90 Å². The Morgan fingerprint density at radius 3 is 2.56 bits per heavy atom. The number of rotatable bonds is 7. The molecule has 0 aliphatic rings. The number of nitrogens with zero attached hydrogens (tertiary/aromatic N) is 2. The number of nitro benzene ring substituents is 1. The highest BCUT2D eigenvalue weighted by Gasteiger charge is 2.23. The van der Waals surface area contributed by atoms with Gasteiger partial charge in [-0.1, -0.05) is 0 Å². The molecule has 0 fully saturated rings. The van der Waals surface area contributed by atoms with Crippen LogP contribution in [-0.4, -0.2) is 42.2 Å². The molecule has 2 aromatic rings. The summed E-state index contributed by atoms with van der Waals surface area (Å²) in [6.45, 7) is 0.417. The second-order valence-corrected chi connectivity index (χ2v) is 6.05. The fourth-order valence-electron chi connectivity index (χ4n) is 2.11. The fourth-order valence-corrected chi connectivity index (χ4v) is 2.55. The molecule has 25 heavy (non-hydrogen) atoms. The van der Waals surface area contributed by atoms with Crippen LogP contribution < -0.4 is 4.74 Å². The van der Waals surface area contributed by atoms with Crippen LogP contribution in [0.3, 0.4) is 0 Å². The summed E-state index contributed by atoms with van der Waals surface area (Å²) >= 11 is 1.40. The van der Waals surface area contributed by atoms with Crippen molar-refractivity contribution in [2.75, 3.05) is 26.5 Å². The summed E-state index contributed by atoms with van der Waals surface area (Å²) in [4.78, 5) is 25.2. The number of nitro groups is 1. The quantitative estimate of drug-likeness (QED) is 0.426. The van der Waals surface area contributed by atoms with Gasteiger partial charge in [0, 0.05) is 18.0 Å². The van der Waals surface area contributed by atoms with Crippen molar-refractivity contribution in [2.24, 2.45) is 0 Å². The van der Waals surface area contributed by atoms with E-state index in [1.54, 1.807) is 13.1 Å². The zero-order chi connectivity index (χ0) is 18.4. The molecule has 0 radical (unpaired) electrons. The average Bonchev–Trinajstić information content (AvgIpc) is 2.61. The van der Waals surface area contributed by atoms with Gasteiger partial charge >= 0.3 is 0 Å². The Kier molecular flexibility index (Phi) is 6.35. The molecule has 2 aromatic carbocycles. The standard InChI is InChI=1S/C17H17FN2O4S/c1-19(9-10-24-13-5-3-12(18)4-6-13)17(21)15-11-14(25-2)7-8-16(15)20(22)23/h3-8,11H,9-10H2,1-2H3. The van der Waals surface area contributed by atoms with Gasteiger partial charge in [-0.15, -0.1) is 11.8 Å². The van der Waals surface area contributed by atoms with Crippen molar-refractivity contribution >= 4 is 23.4 Å². The number of benzene rings is 2. The first kappa shape index (κ1) is 18.7. The van der Waals surface area contributed by atoms with Crippen LogP contribution in [0.5, 0.6) is 5.75 Å². The highest BCUT2D eigenvalue weighted by molar-refractivity contribution is 7.98. The van der Waals surface area contributed by atoms with E-state index in [9.17, 15) is 19.3 Å². The van der Waals surface area contributed by atoms with Crippen molar-refractivity contribution in [1.29, 1.82) is 0 Å². The van der Waals surface area contributed by atoms with Crippen LogP contribution in [0.2, 0.25) is 0 Å². The third-order valence-corrected chi connectivity index (χ3v) is 4.21. The van der Waals surface area contributed by atoms with E-state index < -0.39 is 10.8 Å². The second kappa shape index (κ2) is 8.48. The summed E-state index contributed by atoms with van der Waals surface area (Å²) < 4.78 is 18.3. The minimum Gasteiger partial charge on any atom is -0.492 e. The number of halogens is 1. The van der Waals surface area contributed by atoms with Crippen molar-refractivity contribution in [1.82, 2.24) is 4.90 Å². The van der Waals surface area contributed by atoms with E-state index in [2.05, 4.69) is 0 Å². The predicted molar refractivity (Wildman–Crippen MR) is 93.7 cm³/mol. The van der Waals surface area contributed by atoms with E-state index in [1.165, 1.54) is 53.1 Å². The third-order valence-electron chi connectivity index (χ3n) is 3.49. The molecule has 0 N–H and O–H groups in total. The Hall–Kier alpha value is -2.61. The summed E-state index contributed by atoms with van der Waals surface area (Å²) in [6.07, 6.45) is 1.83. The Labute approximate surface area is 148 Å². The first-order valence-electron chi connectivity index (χ1n) is 7.38. The van der Waals surface area contributed by atoms with Gasteiger partial charge in [-0.05, 0) is 42.7 Å². The predicted octanol–water partition coefficient (Wildman–Crippen LogP) is 3.61. The molecule has 0 spiro atoms. The number of likely N-dealkylation sites (N-methyl/N-ethyl adjacent to an activating group) is 1. The summed E-state index contributed by atoms with van der Waals surface area (Å²) in [5.74, 6) is -0.330. The van der Waals surface area contributed by atoms with Crippen molar-refractivity contribution in [3.63, 3.8) is 0 Å². The van der Waals surface area contributed by atoms with Crippen LogP contribution in [0.15, 0.2) is 47.4 Å². The minimum atomic E-state index is -0.569. The Bertz CT molecular complexity index is 768. The fraction of sp³-hybridized carbons (Fsp3) is 0.235. The van der Waals surface area contributed by atoms with Crippen molar-refractivity contribution in [3.05, 3.63) is 64.0 Å². The van der Waals surface area contributed by atoms with E-state index in [4.69, 9.17) is 4.74 Å². The average molecular weight is 364 g/mol. The Morgan fingerprint density at radius 1 is 1.28 bits per heavy atom. The lowest BCUT2D eigenvalue weighted by Gasteiger charge is -2.18. The first-order valence-corrected chi connectivity index (χ1v) is 8.61. The number of thioether (sulfide) groups is 1. The van der Waals surface area contributed by atoms with E-state index >= 15 is 0 Å². The van der Waals surface area contributed by atoms with Crippen LogP contribution in [-0.2, 0) is 0 Å². The smallest absolute Gasteiger partial charge is 0.282 e. The molecule has 6 nitrogen and oxygen atoms in total. The maximum atomic E-state index is 12.8. The number of carbonyl (C=O) groups is 1. The zero-order valence-electron chi connectivity index (χ0n) is 13.8. The number of hydrogen-bond acceptors (Lipinski definition) is 5. The van der Waals surface area contributed by atoms with Crippen molar-refractivity contribution in [3.8, 4) is 5.75 Å². The molecule has 0 aliphatic heterocycles. The minimum absolute atomic E-state index is 0.0427. The maximum Gasteiger partial charge on any atom is 0.282 e. The highest BCUT2D eigenvalue weighted by atomic mass is 32.2. The largest absolute Gasteiger partial charge is 0.492 e. The molecule has 2 rings (SSSR count). The summed E-state index contributed by atoms with van der Waals surface area (Å²) in [6, 6.07) is 10.00. The van der Waals surface area contributed by atoms with Crippen LogP contribution in [0.4, 0.5) is 10.1 Å². The molecule has 132 valence electrons. The van der Waals surface area contributed by atoms with Crippen LogP contribution in [0, 0.1) is 15.9 Å². The van der Waals surface area contributed by atoms with Crippen LogP contribution in [0.25, 0.3) is 0 Å². The van der Waals surface area contributed by atoms with Gasteiger partial charge in [0.25, 0.3) is 11.6 Å². The molecular weight excluding hydrogens is 347 g/mol. The molecule has 0 aliphatic carbocycles. The summed E-state index contributed by atoms with van der Waals surface area (Å²) in [7, 11) is 1.55. The third kappa shape index (κ3) is 4.93. The molecule has 0 unspecified atom stereocenters. The summed E-state index contributed by atoms with van der Waals surface area (Å²) in [5, 5.41) is 11.1. The lowest BCUT2D eigenvalue weighted by Crippen LogP contribution is -2.31. The second-order valence-electron chi connectivity index (χ2n) is 5.17. The van der Waals surface area contributed by atoms with Crippen molar-refractivity contribution in [2.45, 2.75) is 4.90 Å². The van der Waals surface area contributed by atoms with Gasteiger partial charge in [0.05, 0.1) is 11.5 Å². The lowest BCUT2D eigenvalue weighted by molar-refractivity contribution is -0.385. The van der Waals surface area contributed by atoms with Gasteiger partial charge in [0.2, 0.25) is 0 Å². The van der Waals surface area contributed by atoms with Gasteiger partial charge in [-0.3, -0.25) is 14.9 Å². The van der Waals surface area contributed by atoms with Gasteiger partial charge in [0.15, 0.2) is 0 Å². The molecule has 0 aromatic heterocycles. The zero-order valence-corrected chi connectivity index (χ0v) is 14.6. The maximum absolute atomic E-state index is 12.8.